The van der Waals surface area contributed by atoms with Gasteiger partial charge in [0, 0.05) is 5.75 Å². The predicted octanol–water partition coefficient (Wildman–Crippen LogP) is 2.79. The Morgan fingerprint density at radius 1 is 1.43 bits per heavy atom. The van der Waals surface area contributed by atoms with E-state index in [1.807, 2.05) is 0 Å². The normalized spacial score (nSPS) is 18.6. The first-order valence-corrected chi connectivity index (χ1v) is 9.80. The summed E-state index contributed by atoms with van der Waals surface area (Å²) in [5, 5.41) is 10.3. The van der Waals surface area contributed by atoms with Gasteiger partial charge in [-0.1, -0.05) is 26.2 Å². The van der Waals surface area contributed by atoms with Gasteiger partial charge < -0.3 is 19.3 Å². The summed E-state index contributed by atoms with van der Waals surface area (Å²) in [7, 11) is 0. The number of hydrogen-bond acceptors (Lipinski definition) is 8. The Labute approximate surface area is 164 Å². The molecule has 10 nitrogen and oxygen atoms in total. The smallest absolute Gasteiger partial charge is 0.465 e. The van der Waals surface area contributed by atoms with E-state index in [4.69, 9.17) is 19.3 Å². The van der Waals surface area contributed by atoms with Gasteiger partial charge in [-0.3, -0.25) is 9.88 Å². The van der Waals surface area contributed by atoms with Crippen LogP contribution in [0.25, 0.3) is 0 Å². The van der Waals surface area contributed by atoms with E-state index < -0.39 is 41.2 Å². The van der Waals surface area contributed by atoms with Crippen LogP contribution in [0.4, 0.5) is 19.8 Å². The van der Waals surface area contributed by atoms with Crippen molar-refractivity contribution >= 4 is 29.8 Å². The van der Waals surface area contributed by atoms with Crippen molar-refractivity contribution in [1.82, 2.24) is 9.55 Å². The number of thioether (sulfide) groups is 1. The highest BCUT2D eigenvalue weighted by atomic mass is 32.2. The predicted molar refractivity (Wildman–Crippen MR) is 97.9 cm³/mol. The number of hydrogen-bond donors (Lipinski definition) is 2. The highest BCUT2D eigenvalue weighted by Gasteiger charge is 2.30. The van der Waals surface area contributed by atoms with Crippen LogP contribution >= 0.6 is 11.8 Å². The number of rotatable bonds is 9. The number of nitrogens with zero attached hydrogens (tertiary/aromatic N) is 2. The largest absolute Gasteiger partial charge is 0.508 e. The Balaban J connectivity index is 1.80. The molecule has 2 atom stereocenters. The highest BCUT2D eigenvalue weighted by molar-refractivity contribution is 8.00. The van der Waals surface area contributed by atoms with Gasteiger partial charge in [0.2, 0.25) is 0 Å². The molecule has 0 bridgehead atoms. The van der Waals surface area contributed by atoms with Crippen molar-refractivity contribution in [2.45, 2.75) is 44.3 Å². The Bertz CT molecular complexity index is 745. The average Bonchev–Trinajstić information content (AvgIpc) is 3.11. The van der Waals surface area contributed by atoms with Crippen LogP contribution in [0.1, 0.15) is 38.8 Å². The lowest BCUT2D eigenvalue weighted by Crippen LogP contribution is -2.30. The number of amides is 1. The number of halogens is 1. The van der Waals surface area contributed by atoms with Crippen LogP contribution in [0.5, 0.6) is 0 Å². The molecule has 12 heteroatoms. The quantitative estimate of drug-likeness (QED) is 0.458. The molecular formula is C16H22FN3O7S. The maximum absolute atomic E-state index is 13.9. The highest BCUT2D eigenvalue weighted by Crippen LogP contribution is 2.31. The van der Waals surface area contributed by atoms with Crippen LogP contribution in [0.2, 0.25) is 0 Å². The Kier molecular flexibility index (Phi) is 8.51. The molecule has 0 saturated carbocycles. The summed E-state index contributed by atoms with van der Waals surface area (Å²) in [4.78, 5) is 37.4. The Hall–Kier alpha value is -2.34. The monoisotopic (exact) mass is 419 g/mol. The van der Waals surface area contributed by atoms with E-state index in [2.05, 4.69) is 11.9 Å². The maximum Gasteiger partial charge on any atom is 0.508 e. The summed E-state index contributed by atoms with van der Waals surface area (Å²) in [6.45, 7) is 2.29. The molecule has 1 aromatic heterocycles. The minimum absolute atomic E-state index is 0.0850. The molecule has 0 aromatic carbocycles. The summed E-state index contributed by atoms with van der Waals surface area (Å²) in [5.41, 5.74) is -1.42. The fourth-order valence-corrected chi connectivity index (χ4v) is 3.37. The summed E-state index contributed by atoms with van der Waals surface area (Å²) < 4.78 is 30.3. The van der Waals surface area contributed by atoms with Gasteiger partial charge in [0.15, 0.2) is 11.6 Å². The van der Waals surface area contributed by atoms with Crippen LogP contribution in [-0.2, 0) is 14.2 Å². The van der Waals surface area contributed by atoms with E-state index in [1.165, 1.54) is 11.8 Å². The minimum atomic E-state index is -1.54. The summed E-state index contributed by atoms with van der Waals surface area (Å²) >= 11 is 1.28. The summed E-state index contributed by atoms with van der Waals surface area (Å²) in [6.07, 6.45) is 1.58. The summed E-state index contributed by atoms with van der Waals surface area (Å²) in [6, 6.07) is 0. The zero-order chi connectivity index (χ0) is 20.5. The van der Waals surface area contributed by atoms with Gasteiger partial charge in [-0.15, -0.1) is 11.8 Å². The molecule has 2 rings (SSSR count). The van der Waals surface area contributed by atoms with Crippen molar-refractivity contribution in [3.8, 4) is 0 Å². The molecule has 1 aliphatic rings. The molecule has 1 aromatic rings. The van der Waals surface area contributed by atoms with Gasteiger partial charge in [0.1, 0.15) is 18.3 Å². The topological polar surface area (TPSA) is 129 Å². The van der Waals surface area contributed by atoms with Gasteiger partial charge >= 0.3 is 17.9 Å². The van der Waals surface area contributed by atoms with E-state index >= 15 is 0 Å². The maximum atomic E-state index is 13.9. The molecule has 0 spiro atoms. The molecule has 0 aliphatic carbocycles. The van der Waals surface area contributed by atoms with Crippen molar-refractivity contribution in [3.05, 3.63) is 22.5 Å². The van der Waals surface area contributed by atoms with Crippen molar-refractivity contribution in [3.63, 3.8) is 0 Å². The van der Waals surface area contributed by atoms with Crippen LogP contribution < -0.4 is 11.0 Å². The van der Waals surface area contributed by atoms with Gasteiger partial charge in [0.25, 0.3) is 0 Å². The number of carboxylic acid groups (broad SMARTS) is 1. The van der Waals surface area contributed by atoms with Gasteiger partial charge in [-0.25, -0.2) is 18.8 Å². The zero-order valence-corrected chi connectivity index (χ0v) is 16.1. The molecule has 0 radical (unpaired) electrons. The zero-order valence-electron chi connectivity index (χ0n) is 15.3. The van der Waals surface area contributed by atoms with Crippen molar-refractivity contribution in [1.29, 1.82) is 0 Å². The van der Waals surface area contributed by atoms with E-state index in [1.54, 1.807) is 5.32 Å². The number of carbonyl (C=O) groups is 2. The van der Waals surface area contributed by atoms with E-state index in [9.17, 15) is 18.8 Å². The molecule has 2 heterocycles. The first-order valence-electron chi connectivity index (χ1n) is 8.76. The first-order chi connectivity index (χ1) is 13.4. The number of anilines is 1. The molecule has 1 fully saturated rings. The summed E-state index contributed by atoms with van der Waals surface area (Å²) in [5.74, 6) is -1.39. The number of carbonyl (C=O) groups excluding carboxylic acids is 1. The minimum Gasteiger partial charge on any atom is -0.465 e. The van der Waals surface area contributed by atoms with Crippen LogP contribution in [0, 0.1) is 5.82 Å². The Morgan fingerprint density at radius 2 is 2.21 bits per heavy atom. The molecule has 1 aliphatic heterocycles. The fraction of sp³-hybridized carbons (Fsp3) is 0.625. The van der Waals surface area contributed by atoms with Gasteiger partial charge in [-0.05, 0) is 6.42 Å². The van der Waals surface area contributed by atoms with Crippen molar-refractivity contribution in [2.24, 2.45) is 0 Å². The lowest BCUT2D eigenvalue weighted by atomic mass is 10.2. The number of ether oxygens (including phenoxy) is 3. The van der Waals surface area contributed by atoms with Crippen LogP contribution in [0.15, 0.2) is 11.0 Å². The third-order valence-electron chi connectivity index (χ3n) is 3.73. The second-order valence-electron chi connectivity index (χ2n) is 5.88. The SMILES string of the molecule is CCCCCCOC(=O)OC[C@@H]1O[C@H](n2cc(F)c(NC(=O)O)nc2=O)CS1. The third-order valence-corrected chi connectivity index (χ3v) is 4.83. The van der Waals surface area contributed by atoms with Crippen molar-refractivity contribution < 1.29 is 33.3 Å². The lowest BCUT2D eigenvalue weighted by Gasteiger charge is -2.15. The average molecular weight is 419 g/mol. The van der Waals surface area contributed by atoms with Gasteiger partial charge in [0.05, 0.1) is 12.8 Å². The van der Waals surface area contributed by atoms with E-state index in [0.717, 1.165) is 36.4 Å². The number of unbranched alkanes of at least 4 members (excludes halogenated alkanes) is 3. The number of nitrogens with one attached hydrogen (secondary N) is 1. The molecule has 0 unspecified atom stereocenters. The molecular weight excluding hydrogens is 397 g/mol. The molecule has 2 N–H and O–H groups in total. The first kappa shape index (κ1) is 22.0. The third kappa shape index (κ3) is 6.68. The Morgan fingerprint density at radius 3 is 2.93 bits per heavy atom. The van der Waals surface area contributed by atoms with Crippen LogP contribution in [0.3, 0.4) is 0 Å². The van der Waals surface area contributed by atoms with E-state index in [-0.39, 0.29) is 13.2 Å². The second kappa shape index (κ2) is 10.9. The molecule has 1 amide bonds. The fourth-order valence-electron chi connectivity index (χ4n) is 2.38. The number of aromatic nitrogens is 2. The standard InChI is InChI=1S/C16H22FN3O7S/c1-2-3-4-5-6-25-16(24)26-8-12-27-11(9-28-12)20-7-10(17)13(18-14(20)21)19-15(22)23/h7,11-12H,2-6,8-9H2,1H3,(H,22,23)(H,18,19,21)/t11-,12+/m0/s1. The molecule has 28 heavy (non-hydrogen) atoms. The van der Waals surface area contributed by atoms with Crippen molar-refractivity contribution in [2.75, 3.05) is 24.3 Å². The molecule has 156 valence electrons. The second-order valence-corrected chi connectivity index (χ2v) is 7.07. The van der Waals surface area contributed by atoms with Crippen LogP contribution in [-0.4, -0.2) is 51.3 Å². The lowest BCUT2D eigenvalue weighted by molar-refractivity contribution is -0.0242. The molecule has 1 saturated heterocycles. The van der Waals surface area contributed by atoms with E-state index in [0.29, 0.717) is 5.75 Å². The van der Waals surface area contributed by atoms with Gasteiger partial charge in [-0.2, -0.15) is 4.98 Å².